The molecule has 2 aliphatic heterocycles. The quantitative estimate of drug-likeness (QED) is 0.159. The number of allylic oxidation sites excluding steroid dienone is 3. The van der Waals surface area contributed by atoms with Crippen LogP contribution in [0.3, 0.4) is 0 Å². The number of hydrogen-bond donors (Lipinski definition) is 0. The summed E-state index contributed by atoms with van der Waals surface area (Å²) >= 11 is 0. The molecular weight excluding hydrogens is 905 g/mol. The van der Waals surface area contributed by atoms with Gasteiger partial charge < -0.3 is 9.80 Å². The summed E-state index contributed by atoms with van der Waals surface area (Å²) in [4.78, 5) is 5.12. The van der Waals surface area contributed by atoms with Gasteiger partial charge in [0.05, 0.1) is 0 Å². The average Bonchev–Trinajstić information content (AvgIpc) is 3.60. The van der Waals surface area contributed by atoms with Gasteiger partial charge in [-0.3, -0.25) is 0 Å². The van der Waals surface area contributed by atoms with Crippen LogP contribution in [0.25, 0.3) is 76.8 Å². The van der Waals surface area contributed by atoms with Crippen molar-refractivity contribution in [2.75, 3.05) is 9.80 Å². The van der Waals surface area contributed by atoms with Gasteiger partial charge in [0.1, 0.15) is 0 Å². The normalized spacial score (nSPS) is 15.2. The summed E-state index contributed by atoms with van der Waals surface area (Å²) in [6.45, 7) is 4.81. The standard InChI is InChI=1S/C73H56N2/c1-73(2)65-23-11-10-22-59(65)60-39-36-56(44-66(60)73)72-62-41-38-57(74-67-24-12-6-18-48(67)28-29-49-19-7-13-25-68(49)74)45-63(62)71(55-35-34-53-42-52(32-33-54(53)43-55)47-16-4-3-5-17-47)61-40-37-58(46-64(61)72)75-69-26-14-8-20-50(69)30-31-51-21-9-15-27-70(51)75/h3-8,10-20,22-27,32-46H,9,21,28-31H2,1-2H3. The van der Waals surface area contributed by atoms with E-state index in [2.05, 4.69) is 254 Å². The molecule has 0 unspecified atom stereocenters. The predicted molar refractivity (Wildman–Crippen MR) is 317 cm³/mol. The van der Waals surface area contributed by atoms with Crippen LogP contribution < -0.4 is 9.80 Å². The summed E-state index contributed by atoms with van der Waals surface area (Å²) < 4.78 is 0. The molecule has 11 aromatic carbocycles. The number of nitrogens with zero attached hydrogens (tertiary/aromatic N) is 2. The molecular formula is C73H56N2. The Kier molecular flexibility index (Phi) is 10.0. The fourth-order valence-electron chi connectivity index (χ4n) is 13.6. The van der Waals surface area contributed by atoms with E-state index in [-0.39, 0.29) is 5.41 Å². The number of aryl methyl sites for hydroxylation is 3. The van der Waals surface area contributed by atoms with E-state index in [1.54, 1.807) is 5.57 Å². The Morgan fingerprint density at radius 3 is 1.56 bits per heavy atom. The Morgan fingerprint density at radius 1 is 0.360 bits per heavy atom. The zero-order valence-electron chi connectivity index (χ0n) is 42.6. The number of fused-ring (bicyclic) bond motifs is 9. The van der Waals surface area contributed by atoms with Gasteiger partial charge in [0.25, 0.3) is 0 Å². The highest BCUT2D eigenvalue weighted by atomic mass is 15.2. The molecule has 0 spiro atoms. The van der Waals surface area contributed by atoms with E-state index in [0.717, 1.165) is 44.2 Å². The second-order valence-corrected chi connectivity index (χ2v) is 21.8. The molecule has 358 valence electrons. The fraction of sp³-hybridized carbons (Fsp3) is 0.123. The third kappa shape index (κ3) is 7.00. The molecule has 0 saturated heterocycles. The van der Waals surface area contributed by atoms with E-state index in [1.807, 2.05) is 0 Å². The molecule has 0 bridgehead atoms. The fourth-order valence-corrected chi connectivity index (χ4v) is 13.6. The Balaban J connectivity index is 1.04. The maximum Gasteiger partial charge on any atom is 0.0493 e. The number of para-hydroxylation sites is 3. The van der Waals surface area contributed by atoms with Gasteiger partial charge in [-0.05, 0) is 215 Å². The first kappa shape index (κ1) is 43.8. The number of rotatable bonds is 5. The van der Waals surface area contributed by atoms with Crippen molar-refractivity contribution in [3.05, 3.63) is 270 Å². The van der Waals surface area contributed by atoms with Gasteiger partial charge in [0, 0.05) is 39.5 Å². The summed E-state index contributed by atoms with van der Waals surface area (Å²) in [5.41, 5.74) is 25.9. The maximum absolute atomic E-state index is 2.58. The summed E-state index contributed by atoms with van der Waals surface area (Å²) in [5.74, 6) is 0. The van der Waals surface area contributed by atoms with Gasteiger partial charge in [0.15, 0.2) is 0 Å². The maximum atomic E-state index is 2.58. The molecule has 0 N–H and O–H groups in total. The Labute approximate surface area is 440 Å². The Bertz CT molecular complexity index is 4180. The van der Waals surface area contributed by atoms with Crippen molar-refractivity contribution in [1.29, 1.82) is 0 Å². The molecule has 11 aromatic rings. The van der Waals surface area contributed by atoms with Crippen molar-refractivity contribution in [2.24, 2.45) is 0 Å². The Morgan fingerprint density at radius 2 is 0.880 bits per heavy atom. The zero-order chi connectivity index (χ0) is 49.8. The van der Waals surface area contributed by atoms with Gasteiger partial charge >= 0.3 is 0 Å². The van der Waals surface area contributed by atoms with Gasteiger partial charge in [-0.2, -0.15) is 0 Å². The van der Waals surface area contributed by atoms with Gasteiger partial charge in [-0.25, -0.2) is 0 Å². The molecule has 15 rings (SSSR count). The first-order valence-corrected chi connectivity index (χ1v) is 27.0. The minimum atomic E-state index is -0.156. The van der Waals surface area contributed by atoms with E-state index in [0.29, 0.717) is 0 Å². The third-order valence-electron chi connectivity index (χ3n) is 17.3. The van der Waals surface area contributed by atoms with Crippen LogP contribution in [-0.2, 0) is 24.7 Å². The van der Waals surface area contributed by atoms with Crippen molar-refractivity contribution < 1.29 is 0 Å². The van der Waals surface area contributed by atoms with Gasteiger partial charge in [-0.15, -0.1) is 0 Å². The SMILES string of the molecule is CC1(C)c2ccccc2-c2ccc(-c3c4ccc(N5c6ccccc6CCc6ccccc65)cc4c(-c4ccc5cc(-c6ccccc6)ccc5c4)c4ccc(N5C6=C(CCC=C6)CCc6ccccc65)cc34)cc21. The van der Waals surface area contributed by atoms with Crippen LogP contribution in [0, 0.1) is 0 Å². The van der Waals surface area contributed by atoms with E-state index in [4.69, 9.17) is 0 Å². The predicted octanol–water partition coefficient (Wildman–Crippen LogP) is 19.7. The van der Waals surface area contributed by atoms with Crippen LogP contribution in [0.15, 0.2) is 242 Å². The van der Waals surface area contributed by atoms with Crippen molar-refractivity contribution in [1.82, 2.24) is 0 Å². The molecule has 4 aliphatic rings. The Hall–Kier alpha value is -8.72. The largest absolute Gasteiger partial charge is 0.310 e. The minimum absolute atomic E-state index is 0.156. The van der Waals surface area contributed by atoms with Crippen molar-refractivity contribution in [2.45, 2.75) is 57.8 Å². The lowest BCUT2D eigenvalue weighted by molar-refractivity contribution is 0.660. The van der Waals surface area contributed by atoms with Crippen LogP contribution in [-0.4, -0.2) is 0 Å². The van der Waals surface area contributed by atoms with Crippen LogP contribution in [0.1, 0.15) is 60.9 Å². The number of anilines is 5. The molecule has 2 nitrogen and oxygen atoms in total. The highest BCUT2D eigenvalue weighted by molar-refractivity contribution is 6.23. The smallest absolute Gasteiger partial charge is 0.0493 e. The first-order chi connectivity index (χ1) is 36.9. The summed E-state index contributed by atoms with van der Waals surface area (Å²) in [5, 5.41) is 7.45. The van der Waals surface area contributed by atoms with Crippen LogP contribution >= 0.6 is 0 Å². The molecule has 0 amide bonds. The molecule has 0 radical (unpaired) electrons. The molecule has 2 heterocycles. The molecule has 2 aliphatic carbocycles. The summed E-state index contributed by atoms with van der Waals surface area (Å²) in [7, 11) is 0. The van der Waals surface area contributed by atoms with E-state index >= 15 is 0 Å². The lowest BCUT2D eigenvalue weighted by Crippen LogP contribution is -2.18. The van der Waals surface area contributed by atoms with Crippen LogP contribution in [0.2, 0.25) is 0 Å². The molecule has 75 heavy (non-hydrogen) atoms. The monoisotopic (exact) mass is 960 g/mol. The van der Waals surface area contributed by atoms with Crippen LogP contribution in [0.4, 0.5) is 28.4 Å². The second-order valence-electron chi connectivity index (χ2n) is 21.8. The van der Waals surface area contributed by atoms with Gasteiger partial charge in [0.2, 0.25) is 0 Å². The molecule has 0 aromatic heterocycles. The molecule has 0 saturated carbocycles. The van der Waals surface area contributed by atoms with Crippen LogP contribution in [0.5, 0.6) is 0 Å². The number of hydrogen-bond acceptors (Lipinski definition) is 2. The van der Waals surface area contributed by atoms with E-state index in [1.165, 1.54) is 133 Å². The molecule has 0 fully saturated rings. The topological polar surface area (TPSA) is 6.48 Å². The average molecular weight is 961 g/mol. The van der Waals surface area contributed by atoms with Crippen molar-refractivity contribution in [3.8, 4) is 44.5 Å². The highest BCUT2D eigenvalue weighted by Gasteiger charge is 2.36. The molecule has 2 heteroatoms. The lowest BCUT2D eigenvalue weighted by atomic mass is 9.80. The van der Waals surface area contributed by atoms with E-state index in [9.17, 15) is 0 Å². The highest BCUT2D eigenvalue weighted by Crippen LogP contribution is 2.54. The number of benzene rings is 11. The van der Waals surface area contributed by atoms with Crippen molar-refractivity contribution in [3.63, 3.8) is 0 Å². The minimum Gasteiger partial charge on any atom is -0.310 e. The second kappa shape index (κ2) is 17.2. The van der Waals surface area contributed by atoms with E-state index < -0.39 is 0 Å². The summed E-state index contributed by atoms with van der Waals surface area (Å²) in [6.07, 6.45) is 11.1. The molecule has 0 atom stereocenters. The zero-order valence-corrected chi connectivity index (χ0v) is 42.6. The van der Waals surface area contributed by atoms with Crippen molar-refractivity contribution >= 4 is 60.8 Å². The first-order valence-electron chi connectivity index (χ1n) is 27.0. The lowest BCUT2D eigenvalue weighted by Gasteiger charge is -2.31. The van der Waals surface area contributed by atoms with Gasteiger partial charge in [-0.1, -0.05) is 178 Å². The third-order valence-corrected chi connectivity index (χ3v) is 17.3. The summed E-state index contributed by atoms with van der Waals surface area (Å²) in [6, 6.07) is 83.2.